The lowest BCUT2D eigenvalue weighted by molar-refractivity contribution is -0.145. The quantitative estimate of drug-likeness (QED) is 0.567. The lowest BCUT2D eigenvalue weighted by Gasteiger charge is -2.27. The molecule has 1 atom stereocenters. The van der Waals surface area contributed by atoms with Crippen LogP contribution < -0.4 is 11.1 Å². The number of ether oxygens (including phenoxy) is 1. The molecule has 0 heterocycles. The highest BCUT2D eigenvalue weighted by atomic mass is 32.1. The Kier molecular flexibility index (Phi) is 4.45. The predicted molar refractivity (Wildman–Crippen MR) is 67.3 cm³/mol. The molecule has 0 bridgehead atoms. The number of hydrogen-bond donors (Lipinski definition) is 2. The van der Waals surface area contributed by atoms with E-state index in [1.807, 2.05) is 0 Å². The molecule has 1 saturated carbocycles. The first-order valence-electron chi connectivity index (χ1n) is 5.63. The van der Waals surface area contributed by atoms with Crippen molar-refractivity contribution in [3.05, 3.63) is 0 Å². The fourth-order valence-corrected chi connectivity index (χ4v) is 2.43. The Morgan fingerprint density at radius 1 is 1.41 bits per heavy atom. The van der Waals surface area contributed by atoms with Gasteiger partial charge in [0.05, 0.1) is 17.5 Å². The van der Waals surface area contributed by atoms with Crippen molar-refractivity contribution in [2.45, 2.75) is 38.6 Å². The van der Waals surface area contributed by atoms with Crippen molar-refractivity contribution in [1.82, 2.24) is 5.32 Å². The van der Waals surface area contributed by atoms with Gasteiger partial charge >= 0.3 is 5.97 Å². The average Bonchev–Trinajstić information content (AvgIpc) is 2.77. The second kappa shape index (κ2) is 5.44. The third kappa shape index (κ3) is 2.74. The molecule has 1 amide bonds. The second-order valence-corrected chi connectivity index (χ2v) is 4.81. The maximum atomic E-state index is 12.2. The predicted octanol–water partition coefficient (Wildman–Crippen LogP) is 0.511. The van der Waals surface area contributed by atoms with Gasteiger partial charge in [-0.1, -0.05) is 25.1 Å². The number of nitrogens with one attached hydrogen (secondary N) is 1. The van der Waals surface area contributed by atoms with Gasteiger partial charge in [0.25, 0.3) is 0 Å². The molecule has 96 valence electrons. The Morgan fingerprint density at radius 2 is 1.94 bits per heavy atom. The van der Waals surface area contributed by atoms with Crippen LogP contribution in [0.1, 0.15) is 32.6 Å². The van der Waals surface area contributed by atoms with Crippen LogP contribution in [0.4, 0.5) is 0 Å². The molecule has 1 rings (SSSR count). The van der Waals surface area contributed by atoms with Crippen LogP contribution in [-0.4, -0.2) is 30.0 Å². The highest BCUT2D eigenvalue weighted by molar-refractivity contribution is 7.80. The molecular weight excluding hydrogens is 240 g/mol. The van der Waals surface area contributed by atoms with Gasteiger partial charge in [-0.25, -0.2) is 4.79 Å². The molecule has 0 aromatic heterocycles. The first-order valence-corrected chi connectivity index (χ1v) is 6.03. The minimum absolute atomic E-state index is 0.213. The summed E-state index contributed by atoms with van der Waals surface area (Å²) in [6, 6.07) is -0.681. The van der Waals surface area contributed by atoms with E-state index in [1.165, 1.54) is 7.11 Å². The molecule has 0 aliphatic heterocycles. The standard InChI is InChI=1S/C11H18N2O3S/c1-7(8(14)16-2)13-10(15)11(9(12)17)5-3-4-6-11/h7H,3-6H2,1-2H3,(H2,12,17)(H,13,15). The summed E-state index contributed by atoms with van der Waals surface area (Å²) in [7, 11) is 1.28. The van der Waals surface area contributed by atoms with E-state index in [9.17, 15) is 9.59 Å². The normalized spacial score (nSPS) is 19.4. The molecule has 0 aromatic rings. The van der Waals surface area contributed by atoms with Crippen molar-refractivity contribution < 1.29 is 14.3 Å². The van der Waals surface area contributed by atoms with Gasteiger partial charge < -0.3 is 15.8 Å². The van der Waals surface area contributed by atoms with Crippen molar-refractivity contribution in [2.75, 3.05) is 7.11 Å². The van der Waals surface area contributed by atoms with E-state index in [0.717, 1.165) is 12.8 Å². The van der Waals surface area contributed by atoms with Crippen molar-refractivity contribution in [2.24, 2.45) is 11.1 Å². The molecule has 0 saturated heterocycles. The minimum atomic E-state index is -0.780. The van der Waals surface area contributed by atoms with E-state index < -0.39 is 17.4 Å². The fourth-order valence-electron chi connectivity index (χ4n) is 2.13. The summed E-state index contributed by atoms with van der Waals surface area (Å²) >= 11 is 4.99. The van der Waals surface area contributed by atoms with Crippen molar-refractivity contribution in [3.8, 4) is 0 Å². The Morgan fingerprint density at radius 3 is 2.35 bits per heavy atom. The summed E-state index contributed by atoms with van der Waals surface area (Å²) in [6.07, 6.45) is 3.17. The third-order valence-electron chi connectivity index (χ3n) is 3.27. The maximum Gasteiger partial charge on any atom is 0.328 e. The second-order valence-electron chi connectivity index (χ2n) is 4.37. The van der Waals surface area contributed by atoms with Crippen LogP contribution in [0, 0.1) is 5.41 Å². The molecule has 0 spiro atoms. The van der Waals surface area contributed by atoms with Crippen LogP contribution >= 0.6 is 12.2 Å². The van der Waals surface area contributed by atoms with E-state index in [1.54, 1.807) is 6.92 Å². The first kappa shape index (κ1) is 13.9. The van der Waals surface area contributed by atoms with E-state index in [2.05, 4.69) is 10.1 Å². The lowest BCUT2D eigenvalue weighted by atomic mass is 9.85. The zero-order valence-corrected chi connectivity index (χ0v) is 10.9. The van der Waals surface area contributed by atoms with Crippen LogP contribution in [0.5, 0.6) is 0 Å². The van der Waals surface area contributed by atoms with Gasteiger partial charge in [-0.2, -0.15) is 0 Å². The number of carbonyl (C=O) groups excluding carboxylic acids is 2. The summed E-state index contributed by atoms with van der Waals surface area (Å²) in [6.45, 7) is 1.58. The molecule has 1 unspecified atom stereocenters. The topological polar surface area (TPSA) is 81.4 Å². The highest BCUT2D eigenvalue weighted by Gasteiger charge is 2.44. The summed E-state index contributed by atoms with van der Waals surface area (Å²) in [4.78, 5) is 23.6. The van der Waals surface area contributed by atoms with Gasteiger partial charge in [0.1, 0.15) is 6.04 Å². The van der Waals surface area contributed by atoms with E-state index in [0.29, 0.717) is 12.8 Å². The molecular formula is C11H18N2O3S. The number of esters is 1. The van der Waals surface area contributed by atoms with E-state index in [4.69, 9.17) is 18.0 Å². The molecule has 5 nitrogen and oxygen atoms in total. The Bertz CT molecular complexity index is 338. The SMILES string of the molecule is COC(=O)C(C)NC(=O)C1(C(N)=S)CCCC1. The molecule has 1 aliphatic carbocycles. The Balaban J connectivity index is 2.74. The molecule has 0 radical (unpaired) electrons. The summed E-state index contributed by atoms with van der Waals surface area (Å²) in [5.41, 5.74) is 4.89. The van der Waals surface area contributed by atoms with Crippen molar-refractivity contribution in [3.63, 3.8) is 0 Å². The molecule has 6 heteroatoms. The van der Waals surface area contributed by atoms with E-state index >= 15 is 0 Å². The van der Waals surface area contributed by atoms with Gasteiger partial charge in [0.15, 0.2) is 0 Å². The minimum Gasteiger partial charge on any atom is -0.467 e. The number of hydrogen-bond acceptors (Lipinski definition) is 4. The number of methoxy groups -OCH3 is 1. The van der Waals surface area contributed by atoms with Gasteiger partial charge in [0, 0.05) is 0 Å². The zero-order chi connectivity index (χ0) is 13.1. The number of thiocarbonyl (C=S) groups is 1. The van der Waals surface area contributed by atoms with Gasteiger partial charge in [-0.15, -0.1) is 0 Å². The Labute approximate surface area is 106 Å². The van der Waals surface area contributed by atoms with Crippen LogP contribution in [-0.2, 0) is 14.3 Å². The summed E-state index contributed by atoms with van der Waals surface area (Å²) in [5.74, 6) is -0.741. The maximum absolute atomic E-state index is 12.2. The van der Waals surface area contributed by atoms with Crippen LogP contribution in [0.25, 0.3) is 0 Å². The lowest BCUT2D eigenvalue weighted by Crippen LogP contribution is -2.51. The van der Waals surface area contributed by atoms with Crippen molar-refractivity contribution >= 4 is 29.1 Å². The molecule has 3 N–H and O–H groups in total. The Hall–Kier alpha value is -1.17. The summed E-state index contributed by atoms with van der Waals surface area (Å²) < 4.78 is 4.55. The number of amides is 1. The number of rotatable bonds is 4. The average molecular weight is 258 g/mol. The molecule has 17 heavy (non-hydrogen) atoms. The number of nitrogens with two attached hydrogens (primary N) is 1. The van der Waals surface area contributed by atoms with Gasteiger partial charge in [0.2, 0.25) is 5.91 Å². The van der Waals surface area contributed by atoms with Crippen molar-refractivity contribution in [1.29, 1.82) is 0 Å². The summed E-state index contributed by atoms with van der Waals surface area (Å²) in [5, 5.41) is 2.61. The monoisotopic (exact) mass is 258 g/mol. The third-order valence-corrected chi connectivity index (χ3v) is 3.66. The van der Waals surface area contributed by atoms with E-state index in [-0.39, 0.29) is 10.9 Å². The smallest absolute Gasteiger partial charge is 0.328 e. The van der Waals surface area contributed by atoms with Crippen LogP contribution in [0.3, 0.4) is 0 Å². The highest BCUT2D eigenvalue weighted by Crippen LogP contribution is 2.38. The van der Waals surface area contributed by atoms with Gasteiger partial charge in [-0.3, -0.25) is 4.79 Å². The molecule has 1 fully saturated rings. The van der Waals surface area contributed by atoms with Crippen LogP contribution in [0.15, 0.2) is 0 Å². The number of carbonyl (C=O) groups is 2. The molecule has 0 aromatic carbocycles. The first-order chi connectivity index (χ1) is 7.94. The van der Waals surface area contributed by atoms with Gasteiger partial charge in [-0.05, 0) is 19.8 Å². The molecule has 1 aliphatic rings. The fraction of sp³-hybridized carbons (Fsp3) is 0.727. The van der Waals surface area contributed by atoms with Crippen LogP contribution in [0.2, 0.25) is 0 Å². The largest absolute Gasteiger partial charge is 0.467 e. The zero-order valence-electron chi connectivity index (χ0n) is 10.1.